The van der Waals surface area contributed by atoms with Crippen molar-refractivity contribution in [1.29, 1.82) is 0 Å². The predicted molar refractivity (Wildman–Crippen MR) is 93.9 cm³/mol. The van der Waals surface area contributed by atoms with Crippen LogP contribution in [0.1, 0.15) is 22.8 Å². The van der Waals surface area contributed by atoms with E-state index < -0.39 is 12.6 Å². The summed E-state index contributed by atoms with van der Waals surface area (Å²) in [6.07, 6.45) is 1.57. The van der Waals surface area contributed by atoms with Crippen LogP contribution in [0.5, 0.6) is 5.75 Å². The van der Waals surface area contributed by atoms with Crippen molar-refractivity contribution in [3.63, 3.8) is 0 Å². The fourth-order valence-corrected chi connectivity index (χ4v) is 2.42. The van der Waals surface area contributed by atoms with Crippen LogP contribution in [0.25, 0.3) is 5.95 Å². The minimum Gasteiger partial charge on any atom is -0.481 e. The van der Waals surface area contributed by atoms with Crippen molar-refractivity contribution in [1.82, 2.24) is 24.7 Å². The van der Waals surface area contributed by atoms with Crippen molar-refractivity contribution in [3.05, 3.63) is 53.1 Å². The zero-order valence-electron chi connectivity index (χ0n) is 14.6. The first-order valence-electron chi connectivity index (χ1n) is 7.89. The topological polar surface area (TPSA) is 107 Å². The second kappa shape index (κ2) is 7.18. The molecule has 2 heterocycles. The number of rotatable bonds is 6. The number of ether oxygens (including phenoxy) is 1. The highest BCUT2D eigenvalue weighted by Gasteiger charge is 2.13. The molecule has 1 aromatic carbocycles. The lowest BCUT2D eigenvalue weighted by Crippen LogP contribution is -2.11. The smallest absolute Gasteiger partial charge is 0.341 e. The summed E-state index contributed by atoms with van der Waals surface area (Å²) in [6, 6.07) is 8.98. The molecule has 0 spiro atoms. The van der Waals surface area contributed by atoms with Crippen LogP contribution in [0.2, 0.25) is 0 Å². The molecule has 0 saturated carbocycles. The van der Waals surface area contributed by atoms with Crippen LogP contribution >= 0.6 is 0 Å². The first kappa shape index (κ1) is 17.3. The summed E-state index contributed by atoms with van der Waals surface area (Å²) in [4.78, 5) is 10.7. The van der Waals surface area contributed by atoms with E-state index in [1.807, 2.05) is 26.0 Å². The zero-order chi connectivity index (χ0) is 18.7. The Hall–Kier alpha value is -3.49. The number of para-hydroxylation sites is 1. The first-order chi connectivity index (χ1) is 12.5. The van der Waals surface area contributed by atoms with Gasteiger partial charge < -0.3 is 9.84 Å². The Morgan fingerprint density at radius 1 is 1.27 bits per heavy atom. The van der Waals surface area contributed by atoms with E-state index in [-0.39, 0.29) is 0 Å². The Kier molecular flexibility index (Phi) is 4.78. The molecule has 0 amide bonds. The number of hydrogen-bond donors (Lipinski definition) is 1. The number of aryl methyl sites for hydroxylation is 3. The van der Waals surface area contributed by atoms with E-state index >= 15 is 0 Å². The second-order valence-corrected chi connectivity index (χ2v) is 5.66. The van der Waals surface area contributed by atoms with E-state index in [2.05, 4.69) is 20.4 Å². The van der Waals surface area contributed by atoms with Crippen molar-refractivity contribution >= 4 is 12.2 Å². The van der Waals surface area contributed by atoms with Crippen molar-refractivity contribution in [2.45, 2.75) is 20.8 Å². The number of carbonyl (C=O) groups is 1. The lowest BCUT2D eigenvalue weighted by molar-refractivity contribution is -0.139. The number of nitrogens with zero attached hydrogens (tertiary/aromatic N) is 6. The lowest BCUT2D eigenvalue weighted by atomic mass is 10.2. The van der Waals surface area contributed by atoms with Crippen molar-refractivity contribution < 1.29 is 14.6 Å². The van der Waals surface area contributed by atoms with Gasteiger partial charge in [0, 0.05) is 11.3 Å². The van der Waals surface area contributed by atoms with Crippen LogP contribution in [0.4, 0.5) is 0 Å². The van der Waals surface area contributed by atoms with Crippen molar-refractivity contribution in [2.75, 3.05) is 6.61 Å². The lowest BCUT2D eigenvalue weighted by Gasteiger charge is -2.07. The summed E-state index contributed by atoms with van der Waals surface area (Å²) >= 11 is 0. The van der Waals surface area contributed by atoms with E-state index in [0.29, 0.717) is 23.1 Å². The number of benzene rings is 1. The molecule has 9 nitrogen and oxygen atoms in total. The first-order valence-corrected chi connectivity index (χ1v) is 7.89. The SMILES string of the molecule is Cc1cc(C)n(-c2nnc(C)n2N=Cc2ccccc2OCC(=O)O)n1. The van der Waals surface area contributed by atoms with Gasteiger partial charge >= 0.3 is 5.97 Å². The standard InChI is InChI=1S/C17H18N6O3/c1-11-8-12(2)22(21-11)17-20-19-13(3)23(17)18-9-14-6-4-5-7-15(14)26-10-16(24)25/h4-9H,10H2,1-3H3,(H,24,25). The van der Waals surface area contributed by atoms with Crippen LogP contribution in [0.3, 0.4) is 0 Å². The summed E-state index contributed by atoms with van der Waals surface area (Å²) in [7, 11) is 0. The molecule has 134 valence electrons. The van der Waals surface area contributed by atoms with E-state index in [1.54, 1.807) is 40.7 Å². The Labute approximate surface area is 149 Å². The normalized spacial score (nSPS) is 11.2. The van der Waals surface area contributed by atoms with E-state index in [0.717, 1.165) is 11.4 Å². The van der Waals surface area contributed by atoms with E-state index in [1.165, 1.54) is 0 Å². The van der Waals surface area contributed by atoms with Crippen LogP contribution in [-0.4, -0.2) is 48.6 Å². The van der Waals surface area contributed by atoms with Gasteiger partial charge in [-0.1, -0.05) is 12.1 Å². The van der Waals surface area contributed by atoms with Crippen LogP contribution < -0.4 is 4.74 Å². The third-order valence-corrected chi connectivity index (χ3v) is 3.56. The Bertz CT molecular complexity index is 973. The summed E-state index contributed by atoms with van der Waals surface area (Å²) in [5, 5.41) is 25.8. The van der Waals surface area contributed by atoms with Gasteiger partial charge in [-0.25, -0.2) is 9.48 Å². The maximum absolute atomic E-state index is 10.7. The van der Waals surface area contributed by atoms with Gasteiger partial charge in [0.2, 0.25) is 0 Å². The molecule has 2 aromatic heterocycles. The molecule has 0 aliphatic carbocycles. The molecule has 3 rings (SSSR count). The molecule has 0 atom stereocenters. The summed E-state index contributed by atoms with van der Waals surface area (Å²) in [5.41, 5.74) is 2.42. The largest absolute Gasteiger partial charge is 0.481 e. The molecular weight excluding hydrogens is 336 g/mol. The number of hydrogen-bond acceptors (Lipinski definition) is 6. The molecule has 3 aromatic rings. The van der Waals surface area contributed by atoms with Gasteiger partial charge in [-0.3, -0.25) is 0 Å². The Morgan fingerprint density at radius 2 is 2.04 bits per heavy atom. The van der Waals surface area contributed by atoms with Gasteiger partial charge in [0.15, 0.2) is 12.4 Å². The maximum Gasteiger partial charge on any atom is 0.341 e. The average Bonchev–Trinajstić information content (AvgIpc) is 3.13. The summed E-state index contributed by atoms with van der Waals surface area (Å²) in [6.45, 7) is 5.18. The van der Waals surface area contributed by atoms with Gasteiger partial charge in [0.05, 0.1) is 11.9 Å². The maximum atomic E-state index is 10.7. The summed E-state index contributed by atoms with van der Waals surface area (Å²) < 4.78 is 8.52. The highest BCUT2D eigenvalue weighted by Crippen LogP contribution is 2.17. The Balaban J connectivity index is 1.94. The van der Waals surface area contributed by atoms with Crippen molar-refractivity contribution in [2.24, 2.45) is 5.10 Å². The summed E-state index contributed by atoms with van der Waals surface area (Å²) in [5.74, 6) is 0.441. The molecule has 26 heavy (non-hydrogen) atoms. The third kappa shape index (κ3) is 3.61. The van der Waals surface area contributed by atoms with E-state index in [9.17, 15) is 4.79 Å². The van der Waals surface area contributed by atoms with Crippen molar-refractivity contribution in [3.8, 4) is 11.7 Å². The molecule has 9 heteroatoms. The van der Waals surface area contributed by atoms with Crippen LogP contribution in [0, 0.1) is 20.8 Å². The highest BCUT2D eigenvalue weighted by atomic mass is 16.5. The fraction of sp³-hybridized carbons (Fsp3) is 0.235. The van der Waals surface area contributed by atoms with Crippen LogP contribution in [-0.2, 0) is 4.79 Å². The van der Waals surface area contributed by atoms with Gasteiger partial charge in [-0.2, -0.15) is 14.9 Å². The Morgan fingerprint density at radius 3 is 2.73 bits per heavy atom. The average molecular weight is 354 g/mol. The number of aromatic nitrogens is 5. The van der Waals surface area contributed by atoms with Gasteiger partial charge in [0.1, 0.15) is 5.75 Å². The third-order valence-electron chi connectivity index (χ3n) is 3.56. The number of aliphatic carboxylic acids is 1. The zero-order valence-corrected chi connectivity index (χ0v) is 14.6. The fourth-order valence-electron chi connectivity index (χ4n) is 2.42. The monoisotopic (exact) mass is 354 g/mol. The predicted octanol–water partition coefficient (Wildman–Crippen LogP) is 1.73. The molecule has 1 N–H and O–H groups in total. The highest BCUT2D eigenvalue weighted by molar-refractivity contribution is 5.83. The minimum absolute atomic E-state index is 0.423. The molecule has 0 aliphatic rings. The molecular formula is C17H18N6O3. The molecule has 0 aliphatic heterocycles. The van der Waals surface area contributed by atoms with Gasteiger partial charge in [-0.05, 0) is 39.0 Å². The molecule has 0 bridgehead atoms. The van der Waals surface area contributed by atoms with Crippen LogP contribution in [0.15, 0.2) is 35.4 Å². The van der Waals surface area contributed by atoms with Gasteiger partial charge in [-0.15, -0.1) is 10.2 Å². The molecule has 0 fully saturated rings. The number of carboxylic acids is 1. The molecule has 0 saturated heterocycles. The van der Waals surface area contributed by atoms with E-state index in [4.69, 9.17) is 9.84 Å². The quantitative estimate of drug-likeness (QED) is 0.676. The minimum atomic E-state index is -1.04. The number of carboxylic acid groups (broad SMARTS) is 1. The second-order valence-electron chi connectivity index (χ2n) is 5.66. The van der Waals surface area contributed by atoms with Gasteiger partial charge in [0.25, 0.3) is 5.95 Å². The molecule has 0 radical (unpaired) electrons. The molecule has 0 unspecified atom stereocenters.